The molecule has 1 aliphatic heterocycles. The monoisotopic (exact) mass is 594 g/mol. The molecule has 3 heterocycles. The first-order valence-electron chi connectivity index (χ1n) is 13.8. The molecule has 1 aliphatic rings. The van der Waals surface area contributed by atoms with Gasteiger partial charge in [0.1, 0.15) is 18.0 Å². The third-order valence-electron chi connectivity index (χ3n) is 7.03. The van der Waals surface area contributed by atoms with Crippen LogP contribution < -0.4 is 16.0 Å². The number of amides is 1. The minimum atomic E-state index is -4.59. The third-order valence-corrected chi connectivity index (χ3v) is 7.03. The second kappa shape index (κ2) is 12.4. The highest BCUT2D eigenvalue weighted by molar-refractivity contribution is 6.04. The molecule has 3 N–H and O–H groups in total. The van der Waals surface area contributed by atoms with Crippen LogP contribution in [0.5, 0.6) is 0 Å². The lowest BCUT2D eigenvalue weighted by Gasteiger charge is -2.31. The Hall–Kier alpha value is -4.49. The lowest BCUT2D eigenvalue weighted by molar-refractivity contribution is -0.137. The number of halogens is 3. The number of benzene rings is 2. The molecule has 0 unspecified atom stereocenters. The lowest BCUT2D eigenvalue weighted by atomic mass is 10.0. The zero-order valence-electron chi connectivity index (χ0n) is 24.3. The van der Waals surface area contributed by atoms with Gasteiger partial charge >= 0.3 is 6.18 Å². The standard InChI is InChI=1S/C30H33F3N8O2/c1-18-5-6-24(13-25(18)38-28-9-19(2)39-41(28)27-14-26(34-4)35-17-36-27)37-29(42)22-10-21(11-23(12-22)30(31,32)33)16-40-7-8-43-20(3)15-40/h5-6,9-14,17,20,38H,7-8,15-16H2,1-4H3,(H,37,42)(H,34,35,36)/t20-/m1/s1. The summed E-state index contributed by atoms with van der Waals surface area (Å²) in [5.41, 5.74) is 2.20. The van der Waals surface area contributed by atoms with Crippen LogP contribution in [-0.2, 0) is 17.5 Å². The number of anilines is 4. The quantitative estimate of drug-likeness (QED) is 0.244. The maximum absolute atomic E-state index is 13.8. The van der Waals surface area contributed by atoms with E-state index >= 15 is 0 Å². The van der Waals surface area contributed by atoms with E-state index in [0.717, 1.165) is 23.4 Å². The number of ether oxygens (including phenoxy) is 1. The van der Waals surface area contributed by atoms with Crippen molar-refractivity contribution in [2.24, 2.45) is 0 Å². The van der Waals surface area contributed by atoms with Crippen molar-refractivity contribution < 1.29 is 22.7 Å². The number of aromatic nitrogens is 4. The molecule has 1 fully saturated rings. The summed E-state index contributed by atoms with van der Waals surface area (Å²) in [6.07, 6.45) is -3.17. The number of carbonyl (C=O) groups is 1. The van der Waals surface area contributed by atoms with Crippen LogP contribution >= 0.6 is 0 Å². The average Bonchev–Trinajstić information content (AvgIpc) is 3.34. The number of morpholine rings is 1. The van der Waals surface area contributed by atoms with E-state index in [9.17, 15) is 18.0 Å². The highest BCUT2D eigenvalue weighted by atomic mass is 19.4. The minimum Gasteiger partial charge on any atom is -0.376 e. The number of hydrogen-bond acceptors (Lipinski definition) is 8. The number of alkyl halides is 3. The summed E-state index contributed by atoms with van der Waals surface area (Å²) in [5, 5.41) is 13.6. The van der Waals surface area contributed by atoms with Gasteiger partial charge in [0.25, 0.3) is 5.91 Å². The number of nitrogens with one attached hydrogen (secondary N) is 3. The second-order valence-corrected chi connectivity index (χ2v) is 10.5. The van der Waals surface area contributed by atoms with Crippen LogP contribution in [0.3, 0.4) is 0 Å². The molecule has 0 saturated carbocycles. The fourth-order valence-corrected chi connectivity index (χ4v) is 4.91. The molecule has 10 nitrogen and oxygen atoms in total. The van der Waals surface area contributed by atoms with Crippen molar-refractivity contribution in [2.75, 3.05) is 42.7 Å². The van der Waals surface area contributed by atoms with Crippen LogP contribution in [0.15, 0.2) is 54.9 Å². The van der Waals surface area contributed by atoms with Crippen molar-refractivity contribution in [2.45, 2.75) is 39.6 Å². The molecule has 2 aromatic heterocycles. The van der Waals surface area contributed by atoms with Gasteiger partial charge in [-0.1, -0.05) is 6.07 Å². The van der Waals surface area contributed by atoms with Crippen LogP contribution in [-0.4, -0.2) is 63.4 Å². The average molecular weight is 595 g/mol. The summed E-state index contributed by atoms with van der Waals surface area (Å²) in [6, 6.07) is 12.3. The summed E-state index contributed by atoms with van der Waals surface area (Å²) >= 11 is 0. The Morgan fingerprint density at radius 2 is 1.91 bits per heavy atom. The van der Waals surface area contributed by atoms with Crippen molar-refractivity contribution in [3.05, 3.63) is 82.8 Å². The molecular weight excluding hydrogens is 561 g/mol. The van der Waals surface area contributed by atoms with Gasteiger partial charge in [0.15, 0.2) is 5.82 Å². The molecule has 0 bridgehead atoms. The summed E-state index contributed by atoms with van der Waals surface area (Å²) in [5.74, 6) is 1.16. The first kappa shape index (κ1) is 30.0. The van der Waals surface area contributed by atoms with Gasteiger partial charge in [0.2, 0.25) is 0 Å². The third kappa shape index (κ3) is 7.30. The second-order valence-electron chi connectivity index (χ2n) is 10.5. The van der Waals surface area contributed by atoms with Gasteiger partial charge in [-0.15, -0.1) is 0 Å². The molecule has 0 radical (unpaired) electrons. The maximum Gasteiger partial charge on any atom is 0.416 e. The Morgan fingerprint density at radius 3 is 2.65 bits per heavy atom. The summed E-state index contributed by atoms with van der Waals surface area (Å²) in [4.78, 5) is 23.8. The Morgan fingerprint density at radius 1 is 1.09 bits per heavy atom. The molecule has 43 heavy (non-hydrogen) atoms. The molecule has 1 atom stereocenters. The van der Waals surface area contributed by atoms with Gasteiger partial charge in [-0.25, -0.2) is 9.97 Å². The molecule has 1 saturated heterocycles. The van der Waals surface area contributed by atoms with Crippen molar-refractivity contribution in [1.29, 1.82) is 0 Å². The van der Waals surface area contributed by atoms with Gasteiger partial charge in [-0.3, -0.25) is 9.69 Å². The maximum atomic E-state index is 13.8. The normalized spacial score (nSPS) is 15.7. The topological polar surface area (TPSA) is 109 Å². The Kier molecular flexibility index (Phi) is 8.64. The zero-order valence-corrected chi connectivity index (χ0v) is 24.3. The smallest absolute Gasteiger partial charge is 0.376 e. The van der Waals surface area contributed by atoms with E-state index in [4.69, 9.17) is 4.74 Å². The lowest BCUT2D eigenvalue weighted by Crippen LogP contribution is -2.40. The molecule has 1 amide bonds. The predicted octanol–water partition coefficient (Wildman–Crippen LogP) is 5.56. The van der Waals surface area contributed by atoms with Crippen molar-refractivity contribution in [1.82, 2.24) is 24.6 Å². The Labute approximate surface area is 247 Å². The number of carbonyl (C=O) groups excluding carboxylic acids is 1. The fraction of sp³-hybridized carbons (Fsp3) is 0.333. The van der Waals surface area contributed by atoms with E-state index in [0.29, 0.717) is 54.1 Å². The number of rotatable bonds is 8. The molecule has 13 heteroatoms. The van der Waals surface area contributed by atoms with Crippen LogP contribution in [0.2, 0.25) is 0 Å². The summed E-state index contributed by atoms with van der Waals surface area (Å²) in [6.45, 7) is 7.67. The van der Waals surface area contributed by atoms with E-state index in [2.05, 4.69) is 31.0 Å². The first-order chi connectivity index (χ1) is 20.5. The number of aryl methyl sites for hydroxylation is 2. The van der Waals surface area contributed by atoms with Crippen LogP contribution in [0.4, 0.5) is 36.2 Å². The van der Waals surface area contributed by atoms with E-state index in [1.54, 1.807) is 29.9 Å². The number of hydrogen-bond donors (Lipinski definition) is 3. The van der Waals surface area contributed by atoms with Crippen molar-refractivity contribution in [3.8, 4) is 5.82 Å². The van der Waals surface area contributed by atoms with Gasteiger partial charge in [-0.05, 0) is 62.2 Å². The fourth-order valence-electron chi connectivity index (χ4n) is 4.91. The molecule has 0 aliphatic carbocycles. The van der Waals surface area contributed by atoms with E-state index in [-0.39, 0.29) is 18.2 Å². The SMILES string of the molecule is CNc1cc(-n2nc(C)cc2Nc2cc(NC(=O)c3cc(CN4CCO[C@H](C)C4)cc(C(F)(F)F)c3)ccc2C)ncn1. The molecule has 226 valence electrons. The van der Waals surface area contributed by atoms with Gasteiger partial charge in [-0.2, -0.15) is 23.0 Å². The first-order valence-corrected chi connectivity index (χ1v) is 13.8. The highest BCUT2D eigenvalue weighted by Gasteiger charge is 2.32. The van der Waals surface area contributed by atoms with Gasteiger partial charge in [0, 0.05) is 55.8 Å². The highest BCUT2D eigenvalue weighted by Crippen LogP contribution is 2.32. The van der Waals surface area contributed by atoms with Gasteiger partial charge < -0.3 is 20.7 Å². The molecule has 0 spiro atoms. The van der Waals surface area contributed by atoms with E-state index in [1.807, 2.05) is 37.8 Å². The van der Waals surface area contributed by atoms with Crippen LogP contribution in [0, 0.1) is 13.8 Å². The number of nitrogens with zero attached hydrogens (tertiary/aromatic N) is 5. The molecular formula is C30H33F3N8O2. The minimum absolute atomic E-state index is 0.0130. The largest absolute Gasteiger partial charge is 0.416 e. The van der Waals surface area contributed by atoms with Gasteiger partial charge in [0.05, 0.1) is 24.0 Å². The molecule has 5 rings (SSSR count). The van der Waals surface area contributed by atoms with E-state index < -0.39 is 17.6 Å². The van der Waals surface area contributed by atoms with Crippen molar-refractivity contribution in [3.63, 3.8) is 0 Å². The van der Waals surface area contributed by atoms with Crippen LogP contribution in [0.25, 0.3) is 5.82 Å². The molecule has 4 aromatic rings. The summed E-state index contributed by atoms with van der Waals surface area (Å²) in [7, 11) is 1.76. The van der Waals surface area contributed by atoms with E-state index in [1.165, 1.54) is 12.4 Å². The molecule has 2 aromatic carbocycles. The zero-order chi connectivity index (χ0) is 30.7. The predicted molar refractivity (Wildman–Crippen MR) is 158 cm³/mol. The summed E-state index contributed by atoms with van der Waals surface area (Å²) < 4.78 is 48.6. The van der Waals surface area contributed by atoms with Crippen molar-refractivity contribution >= 4 is 28.9 Å². The Balaban J connectivity index is 1.38. The van der Waals surface area contributed by atoms with Crippen LogP contribution in [0.1, 0.15) is 39.7 Å². The Bertz CT molecular complexity index is 1620.